The summed E-state index contributed by atoms with van der Waals surface area (Å²) in [4.78, 5) is 23.3. The first-order valence-corrected chi connectivity index (χ1v) is 6.18. The number of nitrogens with two attached hydrogens (primary N) is 1. The third kappa shape index (κ3) is 3.18. The second-order valence-electron chi connectivity index (χ2n) is 4.61. The fraction of sp³-hybridized carbons (Fsp3) is 0.385. The molecule has 0 spiro atoms. The van der Waals surface area contributed by atoms with Gasteiger partial charge in [0.2, 0.25) is 0 Å². The highest BCUT2D eigenvalue weighted by Crippen LogP contribution is 2.32. The summed E-state index contributed by atoms with van der Waals surface area (Å²) in [5.41, 5.74) is 6.90. The zero-order valence-corrected chi connectivity index (χ0v) is 10.8. The summed E-state index contributed by atoms with van der Waals surface area (Å²) >= 11 is 0. The highest BCUT2D eigenvalue weighted by Gasteiger charge is 2.21. The van der Waals surface area contributed by atoms with Crippen molar-refractivity contribution in [2.24, 2.45) is 5.73 Å². The van der Waals surface area contributed by atoms with E-state index in [1.54, 1.807) is 23.1 Å². The van der Waals surface area contributed by atoms with Gasteiger partial charge in [-0.05, 0) is 24.1 Å². The summed E-state index contributed by atoms with van der Waals surface area (Å²) in [6, 6.07) is 4.21. The van der Waals surface area contributed by atoms with Gasteiger partial charge in [-0.1, -0.05) is 6.07 Å². The van der Waals surface area contributed by atoms with Crippen molar-refractivity contribution in [2.75, 3.05) is 24.6 Å². The smallest absolute Gasteiger partial charge is 0.323 e. The number of fused-ring (bicyclic) bond motifs is 1. The third-order valence-electron chi connectivity index (χ3n) is 3.08. The van der Waals surface area contributed by atoms with Crippen LogP contribution in [0.5, 0.6) is 5.75 Å². The van der Waals surface area contributed by atoms with Crippen molar-refractivity contribution < 1.29 is 24.5 Å². The van der Waals surface area contributed by atoms with Crippen molar-refractivity contribution in [3.63, 3.8) is 0 Å². The second kappa shape index (κ2) is 5.79. The molecule has 2 rings (SSSR count). The van der Waals surface area contributed by atoms with Crippen LogP contribution >= 0.6 is 0 Å². The number of carbonyl (C=O) groups is 2. The Morgan fingerprint density at radius 1 is 1.40 bits per heavy atom. The molecule has 0 aliphatic carbocycles. The van der Waals surface area contributed by atoms with Crippen LogP contribution in [0.4, 0.5) is 5.69 Å². The van der Waals surface area contributed by atoms with E-state index in [0.717, 1.165) is 5.56 Å². The Morgan fingerprint density at radius 2 is 2.15 bits per heavy atom. The molecule has 4 N–H and O–H groups in total. The van der Waals surface area contributed by atoms with Gasteiger partial charge in [-0.3, -0.25) is 9.59 Å². The Morgan fingerprint density at radius 3 is 2.80 bits per heavy atom. The molecule has 1 heterocycles. The molecule has 0 saturated heterocycles. The first-order valence-electron chi connectivity index (χ1n) is 6.18. The van der Waals surface area contributed by atoms with Crippen molar-refractivity contribution in [3.8, 4) is 5.75 Å². The minimum absolute atomic E-state index is 0.120. The molecular formula is C13H16N2O5. The fourth-order valence-electron chi connectivity index (χ4n) is 2.11. The summed E-state index contributed by atoms with van der Waals surface area (Å²) in [6.45, 7) is 0.785. The highest BCUT2D eigenvalue weighted by molar-refractivity contribution is 5.76. The van der Waals surface area contributed by atoms with Crippen LogP contribution in [-0.4, -0.2) is 47.9 Å². The molecule has 1 aliphatic heterocycles. The molecule has 0 fully saturated rings. The minimum Gasteiger partial charge on any atom is -0.490 e. The number of ether oxygens (including phenoxy) is 1. The minimum atomic E-state index is -1.07. The molecule has 0 saturated carbocycles. The van der Waals surface area contributed by atoms with Crippen LogP contribution in [0.2, 0.25) is 0 Å². The van der Waals surface area contributed by atoms with Crippen LogP contribution in [0.3, 0.4) is 0 Å². The van der Waals surface area contributed by atoms with E-state index in [4.69, 9.17) is 20.7 Å². The maximum atomic E-state index is 10.8. The highest BCUT2D eigenvalue weighted by atomic mass is 16.5. The van der Waals surface area contributed by atoms with Gasteiger partial charge in [-0.2, -0.15) is 0 Å². The van der Waals surface area contributed by atoms with E-state index in [2.05, 4.69) is 0 Å². The number of carboxylic acid groups (broad SMARTS) is 2. The normalized spacial score (nSPS) is 15.2. The zero-order valence-electron chi connectivity index (χ0n) is 10.8. The number of nitrogens with zero attached hydrogens (tertiary/aromatic N) is 1. The average molecular weight is 280 g/mol. The average Bonchev–Trinajstić information content (AvgIpc) is 2.38. The molecule has 1 aromatic rings. The Hall–Kier alpha value is -2.28. The van der Waals surface area contributed by atoms with Gasteiger partial charge < -0.3 is 25.6 Å². The molecular weight excluding hydrogens is 264 g/mol. The van der Waals surface area contributed by atoms with Gasteiger partial charge >= 0.3 is 11.9 Å². The first kappa shape index (κ1) is 14.1. The van der Waals surface area contributed by atoms with Crippen LogP contribution in [0, 0.1) is 0 Å². The van der Waals surface area contributed by atoms with Crippen molar-refractivity contribution in [3.05, 3.63) is 23.8 Å². The number of benzene rings is 1. The molecule has 7 nitrogen and oxygen atoms in total. The molecule has 0 amide bonds. The van der Waals surface area contributed by atoms with Crippen LogP contribution in [0.25, 0.3) is 0 Å². The van der Waals surface area contributed by atoms with Gasteiger partial charge in [-0.15, -0.1) is 0 Å². The Balaban J connectivity index is 2.23. The van der Waals surface area contributed by atoms with E-state index >= 15 is 0 Å². The summed E-state index contributed by atoms with van der Waals surface area (Å²) in [5, 5.41) is 17.7. The lowest BCUT2D eigenvalue weighted by atomic mass is 10.0. The second-order valence-corrected chi connectivity index (χ2v) is 4.61. The maximum absolute atomic E-state index is 10.8. The van der Waals surface area contributed by atoms with Crippen LogP contribution in [0.1, 0.15) is 5.56 Å². The van der Waals surface area contributed by atoms with Gasteiger partial charge in [0.1, 0.15) is 24.9 Å². The molecule has 108 valence electrons. The lowest BCUT2D eigenvalue weighted by Gasteiger charge is -2.30. The maximum Gasteiger partial charge on any atom is 0.323 e. The van der Waals surface area contributed by atoms with Crippen molar-refractivity contribution in [2.45, 2.75) is 12.5 Å². The molecule has 0 radical (unpaired) electrons. The van der Waals surface area contributed by atoms with Gasteiger partial charge in [-0.25, -0.2) is 0 Å². The van der Waals surface area contributed by atoms with E-state index in [0.29, 0.717) is 24.6 Å². The predicted octanol–water partition coefficient (Wildman–Crippen LogP) is -0.0756. The monoisotopic (exact) mass is 280 g/mol. The van der Waals surface area contributed by atoms with E-state index in [-0.39, 0.29) is 13.0 Å². The molecule has 1 aliphatic rings. The lowest BCUT2D eigenvalue weighted by molar-refractivity contribution is -0.138. The van der Waals surface area contributed by atoms with Gasteiger partial charge in [0.05, 0.1) is 12.2 Å². The lowest BCUT2D eigenvalue weighted by Crippen LogP contribution is -2.37. The van der Waals surface area contributed by atoms with Gasteiger partial charge in [0, 0.05) is 0 Å². The number of rotatable bonds is 5. The number of aliphatic carboxylic acids is 2. The Kier molecular flexibility index (Phi) is 4.09. The largest absolute Gasteiger partial charge is 0.490 e. The summed E-state index contributed by atoms with van der Waals surface area (Å²) < 4.78 is 5.46. The van der Waals surface area contributed by atoms with E-state index in [1.165, 1.54) is 0 Å². The number of hydrogen-bond acceptors (Lipinski definition) is 5. The van der Waals surface area contributed by atoms with Crippen LogP contribution < -0.4 is 15.4 Å². The topological polar surface area (TPSA) is 113 Å². The standard InChI is InChI=1S/C13H16N2O5/c14-9(13(18)19)5-8-1-2-11-10(6-8)15(3-4-20-11)7-12(16)17/h1-2,6,9H,3-5,7,14H2,(H,16,17)(H,18,19)/t9-/m0/s1. The molecule has 0 unspecified atom stereocenters. The van der Waals surface area contributed by atoms with Crippen molar-refractivity contribution in [1.82, 2.24) is 0 Å². The summed E-state index contributed by atoms with van der Waals surface area (Å²) in [5.74, 6) is -1.39. The molecule has 20 heavy (non-hydrogen) atoms. The quantitative estimate of drug-likeness (QED) is 0.691. The van der Waals surface area contributed by atoms with Gasteiger partial charge in [0.15, 0.2) is 0 Å². The molecule has 0 aromatic heterocycles. The Labute approximate surface area is 115 Å². The number of anilines is 1. The fourth-order valence-corrected chi connectivity index (χ4v) is 2.11. The van der Waals surface area contributed by atoms with E-state index < -0.39 is 18.0 Å². The zero-order chi connectivity index (χ0) is 14.7. The SMILES string of the molecule is N[C@@H](Cc1ccc2c(c1)N(CC(=O)O)CCO2)C(=O)O. The summed E-state index contributed by atoms with van der Waals surface area (Å²) in [7, 11) is 0. The molecule has 0 bridgehead atoms. The predicted molar refractivity (Wildman–Crippen MR) is 71.1 cm³/mol. The van der Waals surface area contributed by atoms with Crippen LogP contribution in [0.15, 0.2) is 18.2 Å². The van der Waals surface area contributed by atoms with Crippen molar-refractivity contribution >= 4 is 17.6 Å². The molecule has 1 aromatic carbocycles. The molecule has 7 heteroatoms. The number of carboxylic acids is 2. The first-order chi connectivity index (χ1) is 9.47. The van der Waals surface area contributed by atoms with Crippen molar-refractivity contribution in [1.29, 1.82) is 0 Å². The number of hydrogen-bond donors (Lipinski definition) is 3. The van der Waals surface area contributed by atoms with Crippen LogP contribution in [-0.2, 0) is 16.0 Å². The summed E-state index contributed by atoms with van der Waals surface area (Å²) in [6.07, 6.45) is 0.184. The third-order valence-corrected chi connectivity index (χ3v) is 3.08. The Bertz CT molecular complexity index is 531. The van der Waals surface area contributed by atoms with Gasteiger partial charge in [0.25, 0.3) is 0 Å². The van der Waals surface area contributed by atoms with E-state index in [9.17, 15) is 9.59 Å². The van der Waals surface area contributed by atoms with E-state index in [1.807, 2.05) is 0 Å². The molecule has 1 atom stereocenters.